The lowest BCUT2D eigenvalue weighted by Crippen LogP contribution is -2.56. The van der Waals surface area contributed by atoms with Crippen molar-refractivity contribution >= 4 is 44.6 Å². The van der Waals surface area contributed by atoms with Crippen molar-refractivity contribution in [2.24, 2.45) is 5.92 Å². The van der Waals surface area contributed by atoms with Crippen LogP contribution < -0.4 is 0 Å². The third kappa shape index (κ3) is 3.14. The zero-order chi connectivity index (χ0) is 16.1. The van der Waals surface area contributed by atoms with E-state index in [-0.39, 0.29) is 12.1 Å². The molecule has 0 spiro atoms. The summed E-state index contributed by atoms with van der Waals surface area (Å²) < 4.78 is 14.8. The third-order valence-electron chi connectivity index (χ3n) is 3.87. The van der Waals surface area contributed by atoms with Crippen molar-refractivity contribution < 1.29 is 14.3 Å². The fourth-order valence-corrected chi connectivity index (χ4v) is 3.68. The van der Waals surface area contributed by atoms with Crippen molar-refractivity contribution in [3.8, 4) is 0 Å². The lowest BCUT2D eigenvalue weighted by Gasteiger charge is -2.43. The van der Waals surface area contributed by atoms with Gasteiger partial charge in [-0.3, -0.25) is 9.58 Å². The van der Waals surface area contributed by atoms with E-state index in [1.165, 1.54) is 0 Å². The van der Waals surface area contributed by atoms with Gasteiger partial charge in [0.2, 0.25) is 0 Å². The molecule has 2 aliphatic rings. The molecule has 0 radical (unpaired) electrons. The van der Waals surface area contributed by atoms with E-state index < -0.39 is 5.60 Å². The minimum Gasteiger partial charge on any atom is -0.444 e. The first-order valence-electron chi connectivity index (χ1n) is 7.24. The highest BCUT2D eigenvalue weighted by molar-refractivity contribution is 14.1. The molecule has 0 aromatic carbocycles. The summed E-state index contributed by atoms with van der Waals surface area (Å²) in [6.07, 6.45) is -0.260. The Balaban J connectivity index is 1.88. The summed E-state index contributed by atoms with van der Waals surface area (Å²) in [5.74, 6) is 0.348. The van der Waals surface area contributed by atoms with E-state index in [0.717, 1.165) is 13.9 Å². The second kappa shape index (κ2) is 5.94. The molecule has 1 amide bonds. The summed E-state index contributed by atoms with van der Waals surface area (Å²) in [6, 6.07) is 0.0682. The first kappa shape index (κ1) is 16.5. The molecule has 1 aromatic heterocycles. The number of carbonyl (C=O) groups is 1. The van der Waals surface area contributed by atoms with Crippen molar-refractivity contribution in [2.45, 2.75) is 45.5 Å². The monoisotopic (exact) mass is 483 g/mol. The van der Waals surface area contributed by atoms with Gasteiger partial charge in [-0.05, 0) is 59.3 Å². The second-order valence-corrected chi connectivity index (χ2v) is 8.54. The SMILES string of the molecule is CC(C)(C)OC(=O)N1Cc2c(I)c(Br)nn2CC1C1COC1. The van der Waals surface area contributed by atoms with Crippen LogP contribution in [0.5, 0.6) is 0 Å². The molecule has 0 saturated carbocycles. The molecule has 1 atom stereocenters. The Bertz CT molecular complexity index is 595. The Kier molecular flexibility index (Phi) is 4.45. The van der Waals surface area contributed by atoms with Gasteiger partial charge < -0.3 is 9.47 Å². The minimum atomic E-state index is -0.497. The number of carbonyl (C=O) groups excluding carboxylic acids is 1. The van der Waals surface area contributed by atoms with Crippen LogP contribution in [0.3, 0.4) is 0 Å². The van der Waals surface area contributed by atoms with Gasteiger partial charge in [0.05, 0.1) is 41.6 Å². The maximum absolute atomic E-state index is 12.6. The molecule has 6 nitrogen and oxygen atoms in total. The van der Waals surface area contributed by atoms with E-state index in [1.807, 2.05) is 30.4 Å². The summed E-state index contributed by atoms with van der Waals surface area (Å²) in [6.45, 7) is 8.26. The smallest absolute Gasteiger partial charge is 0.410 e. The fourth-order valence-electron chi connectivity index (χ4n) is 2.70. The van der Waals surface area contributed by atoms with E-state index in [4.69, 9.17) is 9.47 Å². The molecule has 1 aromatic rings. The minimum absolute atomic E-state index is 0.0682. The first-order valence-corrected chi connectivity index (χ1v) is 9.11. The number of amides is 1. The van der Waals surface area contributed by atoms with Crippen LogP contribution in [0.15, 0.2) is 4.60 Å². The van der Waals surface area contributed by atoms with E-state index in [0.29, 0.717) is 32.2 Å². The fraction of sp³-hybridized carbons (Fsp3) is 0.714. The highest BCUT2D eigenvalue weighted by atomic mass is 127. The van der Waals surface area contributed by atoms with Crippen LogP contribution in [-0.2, 0) is 22.6 Å². The zero-order valence-electron chi connectivity index (χ0n) is 12.8. The maximum Gasteiger partial charge on any atom is 0.410 e. The second-order valence-electron chi connectivity index (χ2n) is 6.71. The summed E-state index contributed by atoms with van der Waals surface area (Å²) in [5, 5.41) is 4.52. The molecule has 1 saturated heterocycles. The number of rotatable bonds is 1. The Morgan fingerprint density at radius 2 is 2.14 bits per heavy atom. The molecule has 2 aliphatic heterocycles. The highest BCUT2D eigenvalue weighted by Crippen LogP contribution is 2.32. The van der Waals surface area contributed by atoms with Crippen LogP contribution in [-0.4, -0.2) is 45.6 Å². The predicted molar refractivity (Wildman–Crippen MR) is 92.5 cm³/mol. The van der Waals surface area contributed by atoms with E-state index in [9.17, 15) is 4.79 Å². The lowest BCUT2D eigenvalue weighted by molar-refractivity contribution is -0.0873. The van der Waals surface area contributed by atoms with E-state index in [1.54, 1.807) is 0 Å². The molecular formula is C14H19BrIN3O3. The van der Waals surface area contributed by atoms with Crippen molar-refractivity contribution in [1.29, 1.82) is 0 Å². The molecular weight excluding hydrogens is 465 g/mol. The number of hydrogen-bond donors (Lipinski definition) is 0. The van der Waals surface area contributed by atoms with E-state index >= 15 is 0 Å². The predicted octanol–water partition coefficient (Wildman–Crippen LogP) is 3.02. The number of hydrogen-bond acceptors (Lipinski definition) is 4. The third-order valence-corrected chi connectivity index (χ3v) is 6.30. The number of halogens is 2. The first-order chi connectivity index (χ1) is 10.3. The summed E-state index contributed by atoms with van der Waals surface area (Å²) in [4.78, 5) is 14.5. The van der Waals surface area contributed by atoms with Crippen molar-refractivity contribution in [1.82, 2.24) is 14.7 Å². The normalized spacial score (nSPS) is 22.2. The van der Waals surface area contributed by atoms with Gasteiger partial charge in [-0.25, -0.2) is 4.79 Å². The van der Waals surface area contributed by atoms with Crippen LogP contribution in [0.1, 0.15) is 26.5 Å². The van der Waals surface area contributed by atoms with Crippen molar-refractivity contribution in [2.75, 3.05) is 13.2 Å². The topological polar surface area (TPSA) is 56.6 Å². The van der Waals surface area contributed by atoms with Crippen molar-refractivity contribution in [3.63, 3.8) is 0 Å². The van der Waals surface area contributed by atoms with E-state index in [2.05, 4.69) is 43.6 Å². The van der Waals surface area contributed by atoms with Gasteiger partial charge in [-0.15, -0.1) is 0 Å². The van der Waals surface area contributed by atoms with Crippen LogP contribution in [0.2, 0.25) is 0 Å². The van der Waals surface area contributed by atoms with Gasteiger partial charge in [0, 0.05) is 5.92 Å². The van der Waals surface area contributed by atoms with Crippen LogP contribution in [0.25, 0.3) is 0 Å². The summed E-state index contributed by atoms with van der Waals surface area (Å²) >= 11 is 5.73. The van der Waals surface area contributed by atoms with Gasteiger partial charge >= 0.3 is 6.09 Å². The lowest BCUT2D eigenvalue weighted by atomic mass is 9.95. The molecule has 0 bridgehead atoms. The average Bonchev–Trinajstić information content (AvgIpc) is 2.59. The largest absolute Gasteiger partial charge is 0.444 e. The highest BCUT2D eigenvalue weighted by Gasteiger charge is 2.41. The molecule has 0 aliphatic carbocycles. The Morgan fingerprint density at radius 3 is 2.68 bits per heavy atom. The Hall–Kier alpha value is -0.350. The zero-order valence-corrected chi connectivity index (χ0v) is 16.5. The number of fused-ring (bicyclic) bond motifs is 1. The standard InChI is InChI=1S/C14H19BrIN3O3/c1-14(2,3)22-13(20)18-4-10-11(16)12(15)17-19(10)5-9(18)8-6-21-7-8/h8-9H,4-7H2,1-3H3. The Labute approximate surface area is 151 Å². The maximum atomic E-state index is 12.6. The number of ether oxygens (including phenoxy) is 2. The summed E-state index contributed by atoms with van der Waals surface area (Å²) in [5.41, 5.74) is 0.554. The van der Waals surface area contributed by atoms with Crippen LogP contribution in [0.4, 0.5) is 4.79 Å². The van der Waals surface area contributed by atoms with Crippen molar-refractivity contribution in [3.05, 3.63) is 13.9 Å². The number of aromatic nitrogens is 2. The van der Waals surface area contributed by atoms with Gasteiger partial charge in [0.25, 0.3) is 0 Å². The molecule has 122 valence electrons. The van der Waals surface area contributed by atoms with Crippen LogP contribution in [0, 0.1) is 9.49 Å². The molecule has 0 N–H and O–H groups in total. The Morgan fingerprint density at radius 1 is 1.45 bits per heavy atom. The quantitative estimate of drug-likeness (QED) is 0.576. The van der Waals surface area contributed by atoms with Gasteiger partial charge in [0.15, 0.2) is 0 Å². The van der Waals surface area contributed by atoms with Crippen LogP contribution >= 0.6 is 38.5 Å². The molecule has 1 unspecified atom stereocenters. The average molecular weight is 484 g/mol. The molecule has 1 fully saturated rings. The van der Waals surface area contributed by atoms with Gasteiger partial charge in [0.1, 0.15) is 10.2 Å². The molecule has 3 heterocycles. The van der Waals surface area contributed by atoms with Gasteiger partial charge in [-0.1, -0.05) is 0 Å². The summed E-state index contributed by atoms with van der Waals surface area (Å²) in [7, 11) is 0. The molecule has 8 heteroatoms. The number of nitrogens with zero attached hydrogens (tertiary/aromatic N) is 3. The molecule has 22 heavy (non-hydrogen) atoms. The van der Waals surface area contributed by atoms with Gasteiger partial charge in [-0.2, -0.15) is 5.10 Å². The molecule has 3 rings (SSSR count).